The molecule has 2 saturated carbocycles. The molecule has 4 aliphatic carbocycles. The van der Waals surface area contributed by atoms with Crippen LogP contribution in [-0.4, -0.2) is 26.1 Å². The van der Waals surface area contributed by atoms with Crippen molar-refractivity contribution in [2.45, 2.75) is 97.4 Å². The van der Waals surface area contributed by atoms with Crippen LogP contribution in [0.1, 0.15) is 73.1 Å². The topological polar surface area (TPSA) is 29.5 Å². The lowest BCUT2D eigenvalue weighted by atomic mass is 9.47. The summed E-state index contributed by atoms with van der Waals surface area (Å²) in [7, 11) is -1.75. The van der Waals surface area contributed by atoms with E-state index in [0.29, 0.717) is 23.9 Å². The lowest BCUT2D eigenvalue weighted by molar-refractivity contribution is -0.0145. The van der Waals surface area contributed by atoms with E-state index in [0.717, 1.165) is 37.7 Å². The molecular formula is C27H43FO2Si. The molecule has 0 radical (unpaired) electrons. The van der Waals surface area contributed by atoms with Gasteiger partial charge in [-0.15, -0.1) is 0 Å². The van der Waals surface area contributed by atoms with E-state index in [-0.39, 0.29) is 21.7 Å². The zero-order valence-corrected chi connectivity index (χ0v) is 21.7. The highest BCUT2D eigenvalue weighted by atomic mass is 28.4. The van der Waals surface area contributed by atoms with Crippen LogP contribution in [-0.2, 0) is 4.43 Å². The van der Waals surface area contributed by atoms with Gasteiger partial charge in [-0.3, -0.25) is 0 Å². The predicted octanol–water partition coefficient (Wildman–Crippen LogP) is 7.33. The molecule has 4 heteroatoms. The van der Waals surface area contributed by atoms with Crippen LogP contribution in [0.2, 0.25) is 18.1 Å². The summed E-state index contributed by atoms with van der Waals surface area (Å²) in [6.07, 6.45) is 13.9. The molecule has 0 spiro atoms. The minimum Gasteiger partial charge on any atom is -0.414 e. The molecule has 4 aliphatic rings. The van der Waals surface area contributed by atoms with Crippen molar-refractivity contribution in [1.82, 2.24) is 0 Å². The Hall–Kier alpha value is -0.713. The highest BCUT2D eigenvalue weighted by Gasteiger charge is 2.56. The zero-order valence-electron chi connectivity index (χ0n) is 20.7. The van der Waals surface area contributed by atoms with Gasteiger partial charge in [0, 0.05) is 11.5 Å². The van der Waals surface area contributed by atoms with E-state index < -0.39 is 14.9 Å². The van der Waals surface area contributed by atoms with Crippen molar-refractivity contribution in [2.75, 3.05) is 6.61 Å². The Morgan fingerprint density at radius 3 is 2.52 bits per heavy atom. The largest absolute Gasteiger partial charge is 0.414 e. The van der Waals surface area contributed by atoms with Crippen molar-refractivity contribution >= 4 is 8.32 Å². The van der Waals surface area contributed by atoms with Gasteiger partial charge in [-0.1, -0.05) is 58.4 Å². The highest BCUT2D eigenvalue weighted by Crippen LogP contribution is 2.65. The van der Waals surface area contributed by atoms with Crippen molar-refractivity contribution in [3.63, 3.8) is 0 Å². The molecule has 0 heterocycles. The van der Waals surface area contributed by atoms with E-state index in [4.69, 9.17) is 4.43 Å². The van der Waals surface area contributed by atoms with Crippen LogP contribution in [0.5, 0.6) is 0 Å². The summed E-state index contributed by atoms with van der Waals surface area (Å²) in [5.74, 6) is 1.29. The number of halogens is 1. The Kier molecular flexibility index (Phi) is 5.80. The van der Waals surface area contributed by atoms with E-state index in [9.17, 15) is 9.50 Å². The van der Waals surface area contributed by atoms with Crippen LogP contribution in [0.4, 0.5) is 4.39 Å². The number of fused-ring (bicyclic) bond motifs is 5. The number of aliphatic hydroxyl groups excluding tert-OH is 1. The smallest absolute Gasteiger partial charge is 0.192 e. The molecule has 2 nitrogen and oxygen atoms in total. The molecule has 4 rings (SSSR count). The molecule has 0 aromatic heterocycles. The molecule has 0 aliphatic heterocycles. The Morgan fingerprint density at radius 1 is 1.19 bits per heavy atom. The molecule has 0 unspecified atom stereocenters. The second-order valence-corrected chi connectivity index (χ2v) is 17.5. The molecule has 2 fully saturated rings. The SMILES string of the molecule is CC(C)(C)[Si](C)(C)O[C@H]1CC[C@@]2(C)C(=CC[C@@H]3[C@@H]2CC[C@]2(C)/C(=C(\F)CO)C=C[C@@H]32)C1. The minimum absolute atomic E-state index is 0.154. The monoisotopic (exact) mass is 446 g/mol. The molecule has 0 aromatic carbocycles. The molecule has 174 valence electrons. The van der Waals surface area contributed by atoms with Crippen LogP contribution in [0, 0.1) is 28.6 Å². The van der Waals surface area contributed by atoms with Gasteiger partial charge in [0.15, 0.2) is 8.32 Å². The molecule has 0 saturated heterocycles. The molecule has 6 atom stereocenters. The van der Waals surface area contributed by atoms with Gasteiger partial charge in [0.25, 0.3) is 0 Å². The Labute approximate surface area is 190 Å². The third kappa shape index (κ3) is 3.65. The van der Waals surface area contributed by atoms with Gasteiger partial charge < -0.3 is 9.53 Å². The van der Waals surface area contributed by atoms with Crippen LogP contribution in [0.15, 0.2) is 35.2 Å². The standard InChI is InChI=1S/C27H43FO2Si/c1-25(2,3)31(6,7)30-19-12-14-26(4)18(16-19)8-9-20-21-10-11-23(24(28)17-29)27(21,5)15-13-22(20)26/h8,10-11,19-22,29H,9,12-17H2,1-7H3/b24-23-/t19-,20-,21-,22-,26-,27-/m0/s1. The van der Waals surface area contributed by atoms with Gasteiger partial charge in [-0.2, -0.15) is 0 Å². The van der Waals surface area contributed by atoms with Gasteiger partial charge in [-0.05, 0) is 85.4 Å². The van der Waals surface area contributed by atoms with E-state index in [1.165, 1.54) is 6.42 Å². The Balaban J connectivity index is 1.56. The fourth-order valence-electron chi connectivity index (χ4n) is 7.12. The molecule has 31 heavy (non-hydrogen) atoms. The number of hydrogen-bond acceptors (Lipinski definition) is 2. The van der Waals surface area contributed by atoms with Crippen molar-refractivity contribution < 1.29 is 13.9 Å². The van der Waals surface area contributed by atoms with Gasteiger partial charge in [0.05, 0.1) is 6.61 Å². The molecular weight excluding hydrogens is 403 g/mol. The summed E-state index contributed by atoms with van der Waals surface area (Å²) in [5.41, 5.74) is 2.49. The van der Waals surface area contributed by atoms with Crippen LogP contribution < -0.4 is 0 Å². The fraction of sp³-hybridized carbons (Fsp3) is 0.778. The quantitative estimate of drug-likeness (QED) is 0.363. The van der Waals surface area contributed by atoms with E-state index >= 15 is 0 Å². The predicted molar refractivity (Wildman–Crippen MR) is 129 cm³/mol. The second kappa shape index (κ2) is 7.67. The Bertz CT molecular complexity index is 820. The first-order valence-electron chi connectivity index (χ1n) is 12.4. The Morgan fingerprint density at radius 2 is 1.87 bits per heavy atom. The minimum atomic E-state index is -1.75. The van der Waals surface area contributed by atoms with E-state index in [1.807, 2.05) is 6.08 Å². The van der Waals surface area contributed by atoms with Crippen LogP contribution in [0.25, 0.3) is 0 Å². The summed E-state index contributed by atoms with van der Waals surface area (Å²) in [6, 6.07) is 0. The van der Waals surface area contributed by atoms with Crippen molar-refractivity contribution in [1.29, 1.82) is 0 Å². The lowest BCUT2D eigenvalue weighted by Gasteiger charge is -2.57. The fourth-order valence-corrected chi connectivity index (χ4v) is 8.51. The van der Waals surface area contributed by atoms with E-state index in [1.54, 1.807) is 5.57 Å². The zero-order chi connectivity index (χ0) is 22.8. The first-order valence-corrected chi connectivity index (χ1v) is 15.3. The molecule has 1 N–H and O–H groups in total. The van der Waals surface area contributed by atoms with Gasteiger partial charge in [0.2, 0.25) is 0 Å². The average Bonchev–Trinajstić information content (AvgIpc) is 3.04. The number of allylic oxidation sites excluding steroid dienone is 4. The van der Waals surface area contributed by atoms with Crippen LogP contribution in [0.3, 0.4) is 0 Å². The summed E-state index contributed by atoms with van der Waals surface area (Å²) in [6.45, 7) is 16.0. The number of rotatable bonds is 3. The number of aliphatic hydroxyl groups is 1. The molecule has 0 bridgehead atoms. The van der Waals surface area contributed by atoms with Crippen molar-refractivity contribution in [2.24, 2.45) is 28.6 Å². The van der Waals surface area contributed by atoms with E-state index in [2.05, 4.69) is 59.9 Å². The van der Waals surface area contributed by atoms with Gasteiger partial charge in [-0.25, -0.2) is 4.39 Å². The third-order valence-electron chi connectivity index (χ3n) is 10.1. The summed E-state index contributed by atoms with van der Waals surface area (Å²) in [5, 5.41) is 9.65. The van der Waals surface area contributed by atoms with Gasteiger partial charge >= 0.3 is 0 Å². The second-order valence-electron chi connectivity index (χ2n) is 12.7. The van der Waals surface area contributed by atoms with Crippen LogP contribution >= 0.6 is 0 Å². The molecule has 0 aromatic rings. The maximum atomic E-state index is 14.4. The first-order chi connectivity index (χ1) is 14.3. The van der Waals surface area contributed by atoms with Gasteiger partial charge in [0.1, 0.15) is 5.83 Å². The lowest BCUT2D eigenvalue weighted by Crippen LogP contribution is -2.51. The maximum Gasteiger partial charge on any atom is 0.192 e. The maximum absolute atomic E-state index is 14.4. The number of hydrogen-bond donors (Lipinski definition) is 1. The third-order valence-corrected chi connectivity index (χ3v) is 14.6. The molecule has 0 amide bonds. The normalized spacial score (nSPS) is 41.9. The first kappa shape index (κ1) is 23.4. The van der Waals surface area contributed by atoms with Crippen molar-refractivity contribution in [3.05, 3.63) is 35.2 Å². The summed E-state index contributed by atoms with van der Waals surface area (Å²) in [4.78, 5) is 0. The van der Waals surface area contributed by atoms with Crippen molar-refractivity contribution in [3.8, 4) is 0 Å². The summed E-state index contributed by atoms with van der Waals surface area (Å²) >= 11 is 0. The summed E-state index contributed by atoms with van der Waals surface area (Å²) < 4.78 is 21.3. The average molecular weight is 447 g/mol. The highest BCUT2D eigenvalue weighted by molar-refractivity contribution is 6.74.